The first kappa shape index (κ1) is 14.4. The average Bonchev–Trinajstić information content (AvgIpc) is 2.97. The molecule has 0 saturated heterocycles. The van der Waals surface area contributed by atoms with Crippen molar-refractivity contribution in [2.75, 3.05) is 5.88 Å². The van der Waals surface area contributed by atoms with Gasteiger partial charge in [0.2, 0.25) is 0 Å². The number of hydrogen-bond acceptors (Lipinski definition) is 1. The van der Waals surface area contributed by atoms with Crippen molar-refractivity contribution >= 4 is 27.5 Å². The molecule has 1 aliphatic rings. The molecule has 1 fully saturated rings. The lowest BCUT2D eigenvalue weighted by Gasteiger charge is -2.21. The normalized spacial score (nSPS) is 18.4. The summed E-state index contributed by atoms with van der Waals surface area (Å²) in [7, 11) is 2.04. The summed E-state index contributed by atoms with van der Waals surface area (Å²) < 4.78 is 3.22. The summed E-state index contributed by atoms with van der Waals surface area (Å²) in [6.07, 6.45) is 7.50. The van der Waals surface area contributed by atoms with Crippen LogP contribution in [0.25, 0.3) is 0 Å². The highest BCUT2D eigenvalue weighted by Gasteiger charge is 2.26. The molecule has 1 atom stereocenters. The van der Waals surface area contributed by atoms with E-state index in [-0.39, 0.29) is 0 Å². The first-order valence-corrected chi connectivity index (χ1v) is 8.26. The molecular weight excluding hydrogens is 312 g/mol. The summed E-state index contributed by atoms with van der Waals surface area (Å²) in [5, 5.41) is 4.57. The Morgan fingerprint density at radius 2 is 2.11 bits per heavy atom. The van der Waals surface area contributed by atoms with Gasteiger partial charge in [0, 0.05) is 12.9 Å². The van der Waals surface area contributed by atoms with Crippen LogP contribution < -0.4 is 0 Å². The van der Waals surface area contributed by atoms with Crippen LogP contribution >= 0.6 is 27.5 Å². The lowest BCUT2D eigenvalue weighted by molar-refractivity contribution is 0.362. The zero-order valence-corrected chi connectivity index (χ0v) is 13.6. The molecule has 0 amide bonds. The van der Waals surface area contributed by atoms with Crippen LogP contribution in [0, 0.1) is 11.8 Å². The van der Waals surface area contributed by atoms with Crippen molar-refractivity contribution in [3.8, 4) is 0 Å². The van der Waals surface area contributed by atoms with Crippen LogP contribution in [0.5, 0.6) is 0 Å². The zero-order chi connectivity index (χ0) is 13.1. The van der Waals surface area contributed by atoms with Gasteiger partial charge in [-0.3, -0.25) is 4.68 Å². The molecule has 2 nitrogen and oxygen atoms in total. The van der Waals surface area contributed by atoms with Crippen LogP contribution in [0.4, 0.5) is 0 Å². The Hall–Kier alpha value is -0.0200. The van der Waals surface area contributed by atoms with E-state index < -0.39 is 0 Å². The molecule has 0 N–H and O–H groups in total. The molecule has 4 heteroatoms. The third-order valence-electron chi connectivity index (χ3n) is 4.22. The van der Waals surface area contributed by atoms with E-state index in [2.05, 4.69) is 28.0 Å². The number of halogens is 2. The van der Waals surface area contributed by atoms with Gasteiger partial charge in [0.1, 0.15) is 0 Å². The fourth-order valence-corrected chi connectivity index (χ4v) is 4.21. The first-order valence-electron chi connectivity index (χ1n) is 6.93. The molecule has 1 aromatic heterocycles. The summed E-state index contributed by atoms with van der Waals surface area (Å²) in [6, 6.07) is 0. The van der Waals surface area contributed by atoms with Crippen LogP contribution in [-0.4, -0.2) is 15.7 Å². The molecule has 102 valence electrons. The number of nitrogens with zero attached hydrogens (tertiary/aromatic N) is 2. The first-order chi connectivity index (χ1) is 8.67. The van der Waals surface area contributed by atoms with E-state index in [0.29, 0.717) is 5.92 Å². The van der Waals surface area contributed by atoms with Crippen LogP contribution in [-0.2, 0) is 19.9 Å². The van der Waals surface area contributed by atoms with Gasteiger partial charge >= 0.3 is 0 Å². The van der Waals surface area contributed by atoms with Gasteiger partial charge in [-0.15, -0.1) is 11.6 Å². The van der Waals surface area contributed by atoms with Gasteiger partial charge in [-0.1, -0.05) is 32.6 Å². The third-order valence-corrected chi connectivity index (χ3v) is 5.53. The van der Waals surface area contributed by atoms with E-state index in [1.165, 1.54) is 35.8 Å². The highest BCUT2D eigenvalue weighted by Crippen LogP contribution is 2.35. The predicted molar refractivity (Wildman–Crippen MR) is 80.2 cm³/mol. The SMILES string of the molecule is CCc1nn(C)c(CC(CCl)C2CCCC2)c1Br. The standard InChI is InChI=1S/C14H22BrClN2/c1-3-12-14(15)13(18(2)17-12)8-11(9-16)10-6-4-5-7-10/h10-11H,3-9H2,1-2H3. The summed E-state index contributed by atoms with van der Waals surface area (Å²) in [5.74, 6) is 2.18. The molecule has 0 radical (unpaired) electrons. The van der Waals surface area contributed by atoms with Gasteiger partial charge in [-0.05, 0) is 40.6 Å². The van der Waals surface area contributed by atoms with Crippen LogP contribution in [0.1, 0.15) is 44.0 Å². The maximum Gasteiger partial charge on any atom is 0.0766 e. The second kappa shape index (κ2) is 6.42. The highest BCUT2D eigenvalue weighted by molar-refractivity contribution is 9.10. The molecular formula is C14H22BrClN2. The van der Waals surface area contributed by atoms with Crippen molar-refractivity contribution in [3.05, 3.63) is 15.9 Å². The average molecular weight is 334 g/mol. The largest absolute Gasteiger partial charge is 0.271 e. The monoisotopic (exact) mass is 332 g/mol. The van der Waals surface area contributed by atoms with Crippen molar-refractivity contribution in [2.24, 2.45) is 18.9 Å². The van der Waals surface area contributed by atoms with Crippen LogP contribution in [0.3, 0.4) is 0 Å². The van der Waals surface area contributed by atoms with Gasteiger partial charge in [-0.2, -0.15) is 5.10 Å². The second-order valence-electron chi connectivity index (χ2n) is 5.35. The number of aromatic nitrogens is 2. The second-order valence-corrected chi connectivity index (χ2v) is 6.45. The molecule has 1 aromatic rings. The Bertz CT molecular complexity index is 397. The van der Waals surface area contributed by atoms with Crippen molar-refractivity contribution in [2.45, 2.75) is 45.4 Å². The molecule has 1 unspecified atom stereocenters. The minimum Gasteiger partial charge on any atom is -0.271 e. The highest BCUT2D eigenvalue weighted by atomic mass is 79.9. The van der Waals surface area contributed by atoms with Gasteiger partial charge < -0.3 is 0 Å². The van der Waals surface area contributed by atoms with Crippen molar-refractivity contribution in [3.63, 3.8) is 0 Å². The zero-order valence-electron chi connectivity index (χ0n) is 11.3. The lowest BCUT2D eigenvalue weighted by Crippen LogP contribution is -2.18. The van der Waals surface area contributed by atoms with Gasteiger partial charge in [0.15, 0.2) is 0 Å². The van der Waals surface area contributed by atoms with E-state index >= 15 is 0 Å². The number of hydrogen-bond donors (Lipinski definition) is 0. The topological polar surface area (TPSA) is 17.8 Å². The molecule has 2 rings (SSSR count). The van der Waals surface area contributed by atoms with E-state index in [0.717, 1.165) is 30.3 Å². The van der Waals surface area contributed by atoms with E-state index in [9.17, 15) is 0 Å². The van der Waals surface area contributed by atoms with Crippen LogP contribution in [0.15, 0.2) is 4.47 Å². The van der Waals surface area contributed by atoms with E-state index in [4.69, 9.17) is 11.6 Å². The summed E-state index contributed by atoms with van der Waals surface area (Å²) in [5.41, 5.74) is 2.47. The Morgan fingerprint density at radius 1 is 1.44 bits per heavy atom. The van der Waals surface area contributed by atoms with Crippen molar-refractivity contribution in [1.29, 1.82) is 0 Å². The fourth-order valence-electron chi connectivity index (χ4n) is 3.07. The Labute approximate surface area is 123 Å². The number of aryl methyl sites for hydroxylation is 2. The summed E-state index contributed by atoms with van der Waals surface area (Å²) in [4.78, 5) is 0. The quantitative estimate of drug-likeness (QED) is 0.733. The molecule has 0 aromatic carbocycles. The Morgan fingerprint density at radius 3 is 2.61 bits per heavy atom. The molecule has 1 heterocycles. The minimum atomic E-state index is 0.602. The van der Waals surface area contributed by atoms with Crippen LogP contribution in [0.2, 0.25) is 0 Å². The molecule has 0 spiro atoms. The van der Waals surface area contributed by atoms with Gasteiger partial charge in [0.25, 0.3) is 0 Å². The minimum absolute atomic E-state index is 0.602. The van der Waals surface area contributed by atoms with Crippen molar-refractivity contribution in [1.82, 2.24) is 9.78 Å². The van der Waals surface area contributed by atoms with Gasteiger partial charge in [0.05, 0.1) is 15.9 Å². The maximum absolute atomic E-state index is 6.20. The molecule has 1 aliphatic carbocycles. The Balaban J connectivity index is 2.13. The molecule has 1 saturated carbocycles. The lowest BCUT2D eigenvalue weighted by atomic mass is 9.88. The number of rotatable bonds is 5. The smallest absolute Gasteiger partial charge is 0.0766 e. The summed E-state index contributed by atoms with van der Waals surface area (Å²) >= 11 is 9.90. The molecule has 18 heavy (non-hydrogen) atoms. The third kappa shape index (κ3) is 2.93. The fraction of sp³-hybridized carbons (Fsp3) is 0.786. The number of alkyl halides is 1. The molecule has 0 aliphatic heterocycles. The van der Waals surface area contributed by atoms with Crippen molar-refractivity contribution < 1.29 is 0 Å². The molecule has 0 bridgehead atoms. The maximum atomic E-state index is 6.20. The van der Waals surface area contributed by atoms with E-state index in [1.807, 2.05) is 11.7 Å². The predicted octanol–water partition coefficient (Wildman–Crippen LogP) is 4.33. The van der Waals surface area contributed by atoms with E-state index in [1.54, 1.807) is 0 Å². The Kier molecular flexibility index (Phi) is 5.14. The van der Waals surface area contributed by atoms with Gasteiger partial charge in [-0.25, -0.2) is 0 Å². The summed E-state index contributed by atoms with van der Waals surface area (Å²) in [6.45, 7) is 2.15.